The van der Waals surface area contributed by atoms with Gasteiger partial charge in [0.25, 0.3) is 11.8 Å². The number of rotatable bonds is 4. The Labute approximate surface area is 167 Å². The number of urea groups is 1. The predicted molar refractivity (Wildman–Crippen MR) is 107 cm³/mol. The van der Waals surface area contributed by atoms with Gasteiger partial charge in [0.2, 0.25) is 0 Å². The molecule has 1 aromatic heterocycles. The van der Waals surface area contributed by atoms with E-state index in [2.05, 4.69) is 10.4 Å². The molecule has 2 aromatic carbocycles. The molecule has 1 aliphatic heterocycles. The molecule has 29 heavy (non-hydrogen) atoms. The molecule has 7 heteroatoms. The van der Waals surface area contributed by atoms with Crippen molar-refractivity contribution < 1.29 is 14.4 Å². The van der Waals surface area contributed by atoms with Crippen molar-refractivity contribution >= 4 is 23.9 Å². The molecule has 7 nitrogen and oxygen atoms in total. The molecular formula is C22H18N4O3. The fourth-order valence-electron chi connectivity index (χ4n) is 3.02. The molecule has 0 bridgehead atoms. The zero-order chi connectivity index (χ0) is 20.4. The van der Waals surface area contributed by atoms with Crippen LogP contribution in [0.1, 0.15) is 16.7 Å². The van der Waals surface area contributed by atoms with Gasteiger partial charge in [0, 0.05) is 11.8 Å². The molecule has 3 aromatic rings. The minimum absolute atomic E-state index is 0.0821. The summed E-state index contributed by atoms with van der Waals surface area (Å²) in [6.07, 6.45) is 4.72. The van der Waals surface area contributed by atoms with Crippen LogP contribution in [-0.2, 0) is 16.1 Å². The molecule has 0 radical (unpaired) electrons. The average Bonchev–Trinajstić information content (AvgIpc) is 3.18. The van der Waals surface area contributed by atoms with Crippen LogP contribution < -0.4 is 5.32 Å². The summed E-state index contributed by atoms with van der Waals surface area (Å²) in [6.45, 7) is 2.08. The maximum Gasteiger partial charge on any atom is 0.331 e. The van der Waals surface area contributed by atoms with Crippen molar-refractivity contribution in [2.75, 3.05) is 0 Å². The number of aromatic nitrogens is 2. The first-order valence-electron chi connectivity index (χ1n) is 9.06. The largest absolute Gasteiger partial charge is 0.331 e. The van der Waals surface area contributed by atoms with E-state index in [-0.39, 0.29) is 12.1 Å². The van der Waals surface area contributed by atoms with Gasteiger partial charge in [0.05, 0.1) is 18.4 Å². The number of nitrogens with one attached hydrogen (secondary N) is 1. The highest BCUT2D eigenvalue weighted by Crippen LogP contribution is 2.18. The molecule has 2 heterocycles. The third-order valence-electron chi connectivity index (χ3n) is 4.58. The molecule has 1 aliphatic rings. The van der Waals surface area contributed by atoms with Gasteiger partial charge in [-0.3, -0.25) is 19.8 Å². The highest BCUT2D eigenvalue weighted by Gasteiger charge is 2.35. The lowest BCUT2D eigenvalue weighted by Gasteiger charge is -2.26. The molecule has 0 spiro atoms. The fourth-order valence-corrected chi connectivity index (χ4v) is 3.02. The number of aryl methyl sites for hydroxylation is 1. The van der Waals surface area contributed by atoms with Crippen molar-refractivity contribution in [3.05, 3.63) is 89.3 Å². The van der Waals surface area contributed by atoms with E-state index in [1.807, 2.05) is 61.5 Å². The van der Waals surface area contributed by atoms with Gasteiger partial charge in [0.1, 0.15) is 5.57 Å². The van der Waals surface area contributed by atoms with Crippen LogP contribution >= 0.6 is 0 Å². The Morgan fingerprint density at radius 3 is 2.45 bits per heavy atom. The van der Waals surface area contributed by atoms with Crippen molar-refractivity contribution in [2.45, 2.75) is 13.5 Å². The van der Waals surface area contributed by atoms with E-state index in [0.29, 0.717) is 5.56 Å². The van der Waals surface area contributed by atoms with Gasteiger partial charge in [-0.05, 0) is 30.7 Å². The van der Waals surface area contributed by atoms with E-state index in [1.165, 1.54) is 6.08 Å². The number of carbonyl (C=O) groups excluding carboxylic acids is 3. The van der Waals surface area contributed by atoms with Gasteiger partial charge in [-0.15, -0.1) is 0 Å². The summed E-state index contributed by atoms with van der Waals surface area (Å²) in [6, 6.07) is 16.2. The normalized spacial score (nSPS) is 15.7. The average molecular weight is 386 g/mol. The minimum atomic E-state index is -0.726. The lowest BCUT2D eigenvalue weighted by molar-refractivity contribution is -0.130. The Balaban J connectivity index is 1.60. The summed E-state index contributed by atoms with van der Waals surface area (Å²) in [5.74, 6) is -1.35. The molecule has 144 valence electrons. The second kappa shape index (κ2) is 7.55. The van der Waals surface area contributed by atoms with E-state index < -0.39 is 17.8 Å². The fraction of sp³-hybridized carbons (Fsp3) is 0.0909. The first-order valence-corrected chi connectivity index (χ1v) is 9.06. The lowest BCUT2D eigenvalue weighted by Crippen LogP contribution is -2.53. The molecule has 0 saturated carbocycles. The summed E-state index contributed by atoms with van der Waals surface area (Å²) in [5, 5.41) is 6.51. The van der Waals surface area contributed by atoms with Crippen LogP contribution in [0, 0.1) is 6.92 Å². The molecule has 4 amide bonds. The number of hydrogen-bond donors (Lipinski definition) is 1. The third kappa shape index (κ3) is 3.84. The van der Waals surface area contributed by atoms with Gasteiger partial charge in [-0.2, -0.15) is 5.10 Å². The van der Waals surface area contributed by atoms with Gasteiger partial charge in [0.15, 0.2) is 0 Å². The number of nitrogens with zero attached hydrogens (tertiary/aromatic N) is 3. The van der Waals surface area contributed by atoms with E-state index in [9.17, 15) is 14.4 Å². The van der Waals surface area contributed by atoms with E-state index >= 15 is 0 Å². The SMILES string of the molecule is Cc1ccc(-n2cc(/C=C3\C(=O)NC(=O)N(Cc4ccccc4)C3=O)cn2)cc1. The number of benzene rings is 2. The smallest absolute Gasteiger partial charge is 0.273 e. The van der Waals surface area contributed by atoms with Crippen LogP contribution in [0.3, 0.4) is 0 Å². The van der Waals surface area contributed by atoms with Gasteiger partial charge in [-0.1, -0.05) is 48.0 Å². The molecule has 0 aliphatic carbocycles. The first-order chi connectivity index (χ1) is 14.0. The quantitative estimate of drug-likeness (QED) is 0.552. The van der Waals surface area contributed by atoms with Crippen molar-refractivity contribution in [3.8, 4) is 5.69 Å². The standard InChI is InChI=1S/C22H18N4O3/c1-15-7-9-18(10-8-15)26-14-17(12-23-26)11-19-20(27)24-22(29)25(21(19)28)13-16-5-3-2-4-6-16/h2-12,14H,13H2,1H3,(H,24,27,29)/b19-11+. The zero-order valence-electron chi connectivity index (χ0n) is 15.7. The molecular weight excluding hydrogens is 368 g/mol. The van der Waals surface area contributed by atoms with Gasteiger partial charge >= 0.3 is 6.03 Å². The third-order valence-corrected chi connectivity index (χ3v) is 4.58. The molecule has 1 fully saturated rings. The Bertz CT molecular complexity index is 1110. The second-order valence-electron chi connectivity index (χ2n) is 6.75. The molecule has 0 unspecified atom stereocenters. The molecule has 0 atom stereocenters. The summed E-state index contributed by atoms with van der Waals surface area (Å²) in [7, 11) is 0. The van der Waals surface area contributed by atoms with Crippen LogP contribution in [0.4, 0.5) is 4.79 Å². The molecule has 1 saturated heterocycles. The van der Waals surface area contributed by atoms with Crippen LogP contribution in [0.25, 0.3) is 11.8 Å². The Morgan fingerprint density at radius 1 is 1.00 bits per heavy atom. The lowest BCUT2D eigenvalue weighted by atomic mass is 10.1. The number of imide groups is 2. The number of carbonyl (C=O) groups is 3. The second-order valence-corrected chi connectivity index (χ2v) is 6.75. The number of amides is 4. The van der Waals surface area contributed by atoms with Gasteiger partial charge < -0.3 is 0 Å². The summed E-state index contributed by atoms with van der Waals surface area (Å²) < 4.78 is 1.66. The monoisotopic (exact) mass is 386 g/mol. The summed E-state index contributed by atoms with van der Waals surface area (Å²) in [5.41, 5.74) is 3.26. The number of barbiturate groups is 1. The topological polar surface area (TPSA) is 84.3 Å². The van der Waals surface area contributed by atoms with Crippen LogP contribution in [-0.4, -0.2) is 32.5 Å². The highest BCUT2D eigenvalue weighted by atomic mass is 16.2. The van der Waals surface area contributed by atoms with Crippen LogP contribution in [0.5, 0.6) is 0 Å². The maximum absolute atomic E-state index is 12.8. The van der Waals surface area contributed by atoms with Gasteiger partial charge in [-0.25, -0.2) is 9.48 Å². The number of hydrogen-bond acceptors (Lipinski definition) is 4. The predicted octanol–water partition coefficient (Wildman–Crippen LogP) is 2.84. The van der Waals surface area contributed by atoms with Crippen molar-refractivity contribution in [1.29, 1.82) is 0 Å². The maximum atomic E-state index is 12.8. The Hall–Kier alpha value is -4.00. The first kappa shape index (κ1) is 18.4. The van der Waals surface area contributed by atoms with E-state index in [4.69, 9.17) is 0 Å². The van der Waals surface area contributed by atoms with Crippen molar-refractivity contribution in [3.63, 3.8) is 0 Å². The molecule has 4 rings (SSSR count). The zero-order valence-corrected chi connectivity index (χ0v) is 15.7. The van der Waals surface area contributed by atoms with Crippen LogP contribution in [0.15, 0.2) is 72.6 Å². The molecule has 1 N–H and O–H groups in total. The Morgan fingerprint density at radius 2 is 1.72 bits per heavy atom. The summed E-state index contributed by atoms with van der Waals surface area (Å²) in [4.78, 5) is 38.3. The minimum Gasteiger partial charge on any atom is -0.273 e. The van der Waals surface area contributed by atoms with Crippen molar-refractivity contribution in [1.82, 2.24) is 20.0 Å². The van der Waals surface area contributed by atoms with E-state index in [1.54, 1.807) is 17.1 Å². The van der Waals surface area contributed by atoms with Crippen molar-refractivity contribution in [2.24, 2.45) is 0 Å². The van der Waals surface area contributed by atoms with Crippen LogP contribution in [0.2, 0.25) is 0 Å². The summed E-state index contributed by atoms with van der Waals surface area (Å²) >= 11 is 0. The highest BCUT2D eigenvalue weighted by molar-refractivity contribution is 6.30. The Kier molecular flexibility index (Phi) is 4.78. The van der Waals surface area contributed by atoms with E-state index in [0.717, 1.165) is 21.7 Å².